The molecule has 0 radical (unpaired) electrons. The highest BCUT2D eigenvalue weighted by Gasteiger charge is 2.24. The summed E-state index contributed by atoms with van der Waals surface area (Å²) in [6.45, 7) is 2.00. The lowest BCUT2D eigenvalue weighted by molar-refractivity contribution is -0.129. The minimum atomic E-state index is -0.471. The van der Waals surface area contributed by atoms with Gasteiger partial charge in [0.15, 0.2) is 17.2 Å². The summed E-state index contributed by atoms with van der Waals surface area (Å²) in [7, 11) is 3.14. The molecule has 0 unspecified atom stereocenters. The van der Waals surface area contributed by atoms with Crippen molar-refractivity contribution in [2.75, 3.05) is 14.2 Å². The molecule has 2 aromatic carbocycles. The van der Waals surface area contributed by atoms with E-state index in [-0.39, 0.29) is 5.70 Å². The van der Waals surface area contributed by atoms with Gasteiger partial charge < -0.3 is 14.2 Å². The van der Waals surface area contributed by atoms with Gasteiger partial charge in [0.2, 0.25) is 5.90 Å². The third kappa shape index (κ3) is 3.68. The fourth-order valence-corrected chi connectivity index (χ4v) is 2.75. The zero-order valence-electron chi connectivity index (χ0n) is 14.0. The van der Waals surface area contributed by atoms with E-state index in [1.54, 1.807) is 32.4 Å². The average molecular weight is 449 g/mol. The van der Waals surface area contributed by atoms with Crippen LogP contribution in [0.4, 0.5) is 0 Å². The maximum atomic E-state index is 12.1. The Labute approximate surface area is 159 Å². The number of aryl methyl sites for hydroxylation is 1. The first kappa shape index (κ1) is 17.5. The van der Waals surface area contributed by atoms with Crippen molar-refractivity contribution >= 4 is 40.5 Å². The lowest BCUT2D eigenvalue weighted by atomic mass is 10.1. The first-order valence-corrected chi connectivity index (χ1v) is 8.61. The molecule has 0 saturated heterocycles. The molecule has 6 heteroatoms. The van der Waals surface area contributed by atoms with E-state index in [4.69, 9.17) is 14.2 Å². The molecule has 3 rings (SSSR count). The molecule has 0 saturated carbocycles. The predicted octanol–water partition coefficient (Wildman–Crippen LogP) is 3.96. The Morgan fingerprint density at radius 1 is 1.08 bits per heavy atom. The van der Waals surface area contributed by atoms with E-state index in [9.17, 15) is 4.79 Å². The molecule has 0 atom stereocenters. The number of halogens is 1. The number of benzene rings is 2. The van der Waals surface area contributed by atoms with Gasteiger partial charge in [-0.1, -0.05) is 6.07 Å². The number of hydrogen-bond acceptors (Lipinski definition) is 5. The van der Waals surface area contributed by atoms with E-state index < -0.39 is 5.97 Å². The number of carbonyl (C=O) groups is 1. The standard InChI is InChI=1S/C19H16INO4/c1-11-8-13(5-6-14(11)20)18-21-15(19(22)25-18)9-12-4-7-16(23-2)17(10-12)24-3/h4-10H,1-3H3/b15-9-. The molecular weight excluding hydrogens is 433 g/mol. The summed E-state index contributed by atoms with van der Waals surface area (Å²) in [5, 5.41) is 0. The molecule has 128 valence electrons. The molecule has 0 spiro atoms. The quantitative estimate of drug-likeness (QED) is 0.403. The monoisotopic (exact) mass is 449 g/mol. The van der Waals surface area contributed by atoms with Crippen LogP contribution < -0.4 is 9.47 Å². The Hall–Kier alpha value is -2.35. The highest BCUT2D eigenvalue weighted by molar-refractivity contribution is 14.1. The molecule has 0 amide bonds. The highest BCUT2D eigenvalue weighted by atomic mass is 127. The number of rotatable bonds is 4. The number of hydrogen-bond donors (Lipinski definition) is 0. The number of methoxy groups -OCH3 is 2. The third-order valence-electron chi connectivity index (χ3n) is 3.74. The summed E-state index contributed by atoms with van der Waals surface area (Å²) in [6.07, 6.45) is 1.66. The zero-order chi connectivity index (χ0) is 18.0. The van der Waals surface area contributed by atoms with Gasteiger partial charge >= 0.3 is 5.97 Å². The Kier molecular flexibility index (Phi) is 5.08. The van der Waals surface area contributed by atoms with E-state index in [1.165, 1.54) is 0 Å². The molecule has 1 aliphatic heterocycles. The van der Waals surface area contributed by atoms with Crippen molar-refractivity contribution in [3.8, 4) is 11.5 Å². The maximum absolute atomic E-state index is 12.1. The lowest BCUT2D eigenvalue weighted by Gasteiger charge is -2.07. The topological polar surface area (TPSA) is 57.1 Å². The molecular formula is C19H16INO4. The molecule has 0 aromatic heterocycles. The zero-order valence-corrected chi connectivity index (χ0v) is 16.2. The predicted molar refractivity (Wildman–Crippen MR) is 104 cm³/mol. The van der Waals surface area contributed by atoms with Crippen LogP contribution in [0.1, 0.15) is 16.7 Å². The van der Waals surface area contributed by atoms with Crippen molar-refractivity contribution in [1.29, 1.82) is 0 Å². The number of ether oxygens (including phenoxy) is 3. The molecule has 0 fully saturated rings. The van der Waals surface area contributed by atoms with Gasteiger partial charge in [0.25, 0.3) is 0 Å². The largest absolute Gasteiger partial charge is 0.493 e. The highest BCUT2D eigenvalue weighted by Crippen LogP contribution is 2.29. The Balaban J connectivity index is 1.94. The number of esters is 1. The SMILES string of the molecule is COc1ccc(/C=C2\N=C(c3ccc(I)c(C)c3)OC2=O)cc1OC. The van der Waals surface area contributed by atoms with Gasteiger partial charge in [0.1, 0.15) is 0 Å². The molecule has 1 heterocycles. The van der Waals surface area contributed by atoms with Crippen molar-refractivity contribution in [2.24, 2.45) is 4.99 Å². The number of nitrogens with zero attached hydrogens (tertiary/aromatic N) is 1. The Bertz CT molecular complexity index is 902. The summed E-state index contributed by atoms with van der Waals surface area (Å²) in [6, 6.07) is 11.2. The van der Waals surface area contributed by atoms with Gasteiger partial charge in [-0.2, -0.15) is 0 Å². The summed E-state index contributed by atoms with van der Waals surface area (Å²) >= 11 is 2.26. The number of cyclic esters (lactones) is 1. The van der Waals surface area contributed by atoms with E-state index >= 15 is 0 Å². The first-order valence-electron chi connectivity index (χ1n) is 7.53. The van der Waals surface area contributed by atoms with E-state index in [2.05, 4.69) is 27.6 Å². The van der Waals surface area contributed by atoms with Crippen molar-refractivity contribution in [1.82, 2.24) is 0 Å². The molecule has 0 aliphatic carbocycles. The van der Waals surface area contributed by atoms with E-state index in [0.29, 0.717) is 17.4 Å². The maximum Gasteiger partial charge on any atom is 0.363 e. The summed E-state index contributed by atoms with van der Waals surface area (Å²) < 4.78 is 16.9. The lowest BCUT2D eigenvalue weighted by Crippen LogP contribution is -2.05. The smallest absolute Gasteiger partial charge is 0.363 e. The van der Waals surface area contributed by atoms with Crippen molar-refractivity contribution in [2.45, 2.75) is 6.92 Å². The van der Waals surface area contributed by atoms with E-state index in [1.807, 2.05) is 31.2 Å². The number of carbonyl (C=O) groups excluding carboxylic acids is 1. The summed E-state index contributed by atoms with van der Waals surface area (Å²) in [4.78, 5) is 16.5. The second kappa shape index (κ2) is 7.26. The summed E-state index contributed by atoms with van der Waals surface area (Å²) in [5.74, 6) is 1.05. The summed E-state index contributed by atoms with van der Waals surface area (Å²) in [5.41, 5.74) is 2.91. The van der Waals surface area contributed by atoms with Gasteiger partial charge in [-0.15, -0.1) is 0 Å². The second-order valence-electron chi connectivity index (χ2n) is 5.41. The fraction of sp³-hybridized carbons (Fsp3) is 0.158. The van der Waals surface area contributed by atoms with Gasteiger partial charge in [-0.05, 0) is 77.0 Å². The van der Waals surface area contributed by atoms with Crippen LogP contribution in [0.5, 0.6) is 11.5 Å². The van der Waals surface area contributed by atoms with Crippen LogP contribution in [0, 0.1) is 10.5 Å². The van der Waals surface area contributed by atoms with Crippen LogP contribution in [0.2, 0.25) is 0 Å². The molecule has 25 heavy (non-hydrogen) atoms. The fourth-order valence-electron chi connectivity index (χ4n) is 2.41. The third-order valence-corrected chi connectivity index (χ3v) is 4.95. The first-order chi connectivity index (χ1) is 12.0. The van der Waals surface area contributed by atoms with Crippen molar-refractivity contribution < 1.29 is 19.0 Å². The second-order valence-corrected chi connectivity index (χ2v) is 6.58. The van der Waals surface area contributed by atoms with Crippen LogP contribution in [0.15, 0.2) is 47.1 Å². The van der Waals surface area contributed by atoms with Gasteiger partial charge in [0, 0.05) is 9.13 Å². The molecule has 2 aromatic rings. The molecule has 5 nitrogen and oxygen atoms in total. The van der Waals surface area contributed by atoms with Crippen molar-refractivity contribution in [3.05, 3.63) is 62.4 Å². The number of aliphatic imine (C=N–C) groups is 1. The van der Waals surface area contributed by atoms with Crippen molar-refractivity contribution in [3.63, 3.8) is 0 Å². The van der Waals surface area contributed by atoms with Crippen LogP contribution in [-0.4, -0.2) is 26.1 Å². The Morgan fingerprint density at radius 2 is 1.84 bits per heavy atom. The molecule has 0 N–H and O–H groups in total. The van der Waals surface area contributed by atoms with Crippen LogP contribution in [0.3, 0.4) is 0 Å². The minimum absolute atomic E-state index is 0.249. The average Bonchev–Trinajstić information content (AvgIpc) is 2.97. The van der Waals surface area contributed by atoms with Crippen LogP contribution >= 0.6 is 22.6 Å². The molecule has 1 aliphatic rings. The normalized spacial score (nSPS) is 15.1. The Morgan fingerprint density at radius 3 is 2.52 bits per heavy atom. The van der Waals surface area contributed by atoms with Gasteiger partial charge in [0.05, 0.1) is 14.2 Å². The minimum Gasteiger partial charge on any atom is -0.493 e. The van der Waals surface area contributed by atoms with Crippen LogP contribution in [-0.2, 0) is 9.53 Å². The van der Waals surface area contributed by atoms with E-state index in [0.717, 1.165) is 20.3 Å². The van der Waals surface area contributed by atoms with Crippen LogP contribution in [0.25, 0.3) is 6.08 Å². The van der Waals surface area contributed by atoms with Gasteiger partial charge in [-0.3, -0.25) is 0 Å². The molecule has 0 bridgehead atoms. The van der Waals surface area contributed by atoms with Gasteiger partial charge in [-0.25, -0.2) is 9.79 Å².